The predicted octanol–water partition coefficient (Wildman–Crippen LogP) is 2.47. The van der Waals surface area contributed by atoms with Gasteiger partial charge in [-0.3, -0.25) is 4.79 Å². The van der Waals surface area contributed by atoms with E-state index in [1.165, 1.54) is 0 Å². The Morgan fingerprint density at radius 2 is 1.90 bits per heavy atom. The molecule has 0 radical (unpaired) electrons. The highest BCUT2D eigenvalue weighted by Gasteiger charge is 2.36. The lowest BCUT2D eigenvalue weighted by molar-refractivity contribution is 0.0981. The van der Waals surface area contributed by atoms with Gasteiger partial charge in [0.1, 0.15) is 0 Å². The number of carbonyl (C=O) groups excluding carboxylic acids is 1. The first-order chi connectivity index (χ1) is 9.67. The molecule has 0 spiro atoms. The molecule has 1 amide bonds. The molecule has 1 saturated carbocycles. The Bertz CT molecular complexity index is 608. The Morgan fingerprint density at radius 3 is 2.57 bits per heavy atom. The van der Waals surface area contributed by atoms with Crippen molar-refractivity contribution in [1.82, 2.24) is 10.1 Å². The molecule has 1 aliphatic rings. The Labute approximate surface area is 128 Å². The minimum absolute atomic E-state index is 0. The molecule has 3 rings (SSSR count). The predicted molar refractivity (Wildman–Crippen MR) is 80.3 cm³/mol. The number of nitrogens with one attached hydrogen (secondary N) is 1. The summed E-state index contributed by atoms with van der Waals surface area (Å²) in [5.41, 5.74) is 6.36. The Kier molecular flexibility index (Phi) is 4.59. The molecule has 1 aliphatic carbocycles. The van der Waals surface area contributed by atoms with Crippen molar-refractivity contribution in [2.24, 2.45) is 5.73 Å². The van der Waals surface area contributed by atoms with Crippen LogP contribution < -0.4 is 11.1 Å². The van der Waals surface area contributed by atoms with Crippen LogP contribution in [0, 0.1) is 0 Å². The fraction of sp³-hybridized carbons (Fsp3) is 0.357. The number of amides is 1. The first-order valence-electron chi connectivity index (χ1n) is 6.67. The van der Waals surface area contributed by atoms with Crippen molar-refractivity contribution in [3.63, 3.8) is 0 Å². The quantitative estimate of drug-likeness (QED) is 0.908. The number of hydrogen-bond donors (Lipinski definition) is 2. The van der Waals surface area contributed by atoms with Gasteiger partial charge in [0.15, 0.2) is 5.82 Å². The molecule has 1 heterocycles. The van der Waals surface area contributed by atoms with Crippen LogP contribution >= 0.6 is 12.4 Å². The van der Waals surface area contributed by atoms with Crippen LogP contribution in [0.5, 0.6) is 0 Å². The summed E-state index contributed by atoms with van der Waals surface area (Å²) in [5, 5.41) is 6.56. The molecule has 0 bridgehead atoms. The molecular weight excluding hydrogens is 292 g/mol. The maximum atomic E-state index is 12.0. The minimum atomic E-state index is -0.547. The highest BCUT2D eigenvalue weighted by Crippen LogP contribution is 2.34. The fourth-order valence-corrected chi connectivity index (χ4v) is 2.45. The standard InChI is InChI=1S/C14H16N4O2.ClH/c15-14(8-4-5-9-14)13-17-12(20-18-13)11(19)16-10-6-2-1-3-7-10;/h1-3,6-7H,4-5,8-9,15H2,(H,16,19);1H. The molecule has 0 unspecified atom stereocenters. The fourth-order valence-electron chi connectivity index (χ4n) is 2.45. The van der Waals surface area contributed by atoms with Gasteiger partial charge in [-0.1, -0.05) is 36.2 Å². The average Bonchev–Trinajstić information content (AvgIpc) is 3.09. The van der Waals surface area contributed by atoms with E-state index in [1.807, 2.05) is 18.2 Å². The summed E-state index contributed by atoms with van der Waals surface area (Å²) in [6.45, 7) is 0. The van der Waals surface area contributed by atoms with Gasteiger partial charge in [0.2, 0.25) is 0 Å². The van der Waals surface area contributed by atoms with E-state index >= 15 is 0 Å². The Morgan fingerprint density at radius 1 is 1.24 bits per heavy atom. The van der Waals surface area contributed by atoms with Gasteiger partial charge in [-0.15, -0.1) is 12.4 Å². The van der Waals surface area contributed by atoms with Gasteiger partial charge in [-0.2, -0.15) is 4.98 Å². The number of rotatable bonds is 3. The number of aromatic nitrogens is 2. The molecule has 0 atom stereocenters. The van der Waals surface area contributed by atoms with E-state index in [0.29, 0.717) is 11.5 Å². The third kappa shape index (κ3) is 3.22. The summed E-state index contributed by atoms with van der Waals surface area (Å²) in [7, 11) is 0. The zero-order valence-electron chi connectivity index (χ0n) is 11.4. The highest BCUT2D eigenvalue weighted by atomic mass is 35.5. The molecule has 1 fully saturated rings. The molecule has 0 saturated heterocycles. The van der Waals surface area contributed by atoms with Crippen molar-refractivity contribution < 1.29 is 9.32 Å². The van der Waals surface area contributed by atoms with Crippen molar-refractivity contribution in [1.29, 1.82) is 0 Å². The molecule has 0 aliphatic heterocycles. The van der Waals surface area contributed by atoms with Crippen molar-refractivity contribution in [3.05, 3.63) is 42.0 Å². The maximum Gasteiger partial charge on any atom is 0.316 e. The van der Waals surface area contributed by atoms with Crippen LogP contribution in [0.15, 0.2) is 34.9 Å². The Hall–Kier alpha value is -1.92. The first-order valence-corrected chi connectivity index (χ1v) is 6.67. The largest absolute Gasteiger partial charge is 0.328 e. The Balaban J connectivity index is 0.00000161. The van der Waals surface area contributed by atoms with Gasteiger partial charge in [0.05, 0.1) is 5.54 Å². The van der Waals surface area contributed by atoms with Crippen LogP contribution in [0.2, 0.25) is 0 Å². The number of anilines is 1. The summed E-state index contributed by atoms with van der Waals surface area (Å²) < 4.78 is 5.02. The van der Waals surface area contributed by atoms with E-state index in [-0.39, 0.29) is 18.3 Å². The second-order valence-corrected chi connectivity index (χ2v) is 5.11. The van der Waals surface area contributed by atoms with Crippen LogP contribution in [0.1, 0.15) is 42.2 Å². The van der Waals surface area contributed by atoms with Gasteiger partial charge < -0.3 is 15.6 Å². The molecule has 1 aromatic heterocycles. The normalized spacial score (nSPS) is 16.2. The van der Waals surface area contributed by atoms with Gasteiger partial charge >= 0.3 is 11.8 Å². The summed E-state index contributed by atoms with van der Waals surface area (Å²) >= 11 is 0. The van der Waals surface area contributed by atoms with E-state index in [4.69, 9.17) is 10.3 Å². The second kappa shape index (κ2) is 6.24. The van der Waals surface area contributed by atoms with Crippen molar-refractivity contribution >= 4 is 24.0 Å². The smallest absolute Gasteiger partial charge is 0.316 e. The number of hydrogen-bond acceptors (Lipinski definition) is 5. The molecule has 2 aromatic rings. The van der Waals surface area contributed by atoms with Crippen LogP contribution in [-0.4, -0.2) is 16.0 Å². The summed E-state index contributed by atoms with van der Waals surface area (Å²) in [6.07, 6.45) is 3.76. The summed E-state index contributed by atoms with van der Waals surface area (Å²) in [5.74, 6) is -0.0506. The number of para-hydroxylation sites is 1. The number of halogens is 1. The van der Waals surface area contributed by atoms with Crippen LogP contribution in [0.3, 0.4) is 0 Å². The van der Waals surface area contributed by atoms with Gasteiger partial charge in [-0.25, -0.2) is 0 Å². The van der Waals surface area contributed by atoms with Crippen molar-refractivity contribution in [2.75, 3.05) is 5.32 Å². The molecular formula is C14H17ClN4O2. The van der Waals surface area contributed by atoms with Crippen molar-refractivity contribution in [2.45, 2.75) is 31.2 Å². The second-order valence-electron chi connectivity index (χ2n) is 5.11. The van der Waals surface area contributed by atoms with Gasteiger partial charge in [0.25, 0.3) is 0 Å². The SMILES string of the molecule is Cl.NC1(c2noc(C(=O)Nc3ccccc3)n2)CCCC1. The van der Waals surface area contributed by atoms with Crippen LogP contribution in [-0.2, 0) is 5.54 Å². The minimum Gasteiger partial charge on any atom is -0.328 e. The number of nitrogens with zero attached hydrogens (tertiary/aromatic N) is 2. The van der Waals surface area contributed by atoms with Crippen LogP contribution in [0.4, 0.5) is 5.69 Å². The maximum absolute atomic E-state index is 12.0. The molecule has 3 N–H and O–H groups in total. The third-order valence-corrected chi connectivity index (χ3v) is 3.59. The summed E-state index contributed by atoms with van der Waals surface area (Å²) in [6, 6.07) is 9.12. The first kappa shape index (κ1) is 15.5. The van der Waals surface area contributed by atoms with Crippen LogP contribution in [0.25, 0.3) is 0 Å². The van der Waals surface area contributed by atoms with Gasteiger partial charge in [0, 0.05) is 5.69 Å². The third-order valence-electron chi connectivity index (χ3n) is 3.59. The monoisotopic (exact) mass is 308 g/mol. The topological polar surface area (TPSA) is 94.0 Å². The lowest BCUT2D eigenvalue weighted by Gasteiger charge is -2.17. The van der Waals surface area contributed by atoms with Gasteiger partial charge in [-0.05, 0) is 25.0 Å². The zero-order valence-corrected chi connectivity index (χ0v) is 12.2. The lowest BCUT2D eigenvalue weighted by Crippen LogP contribution is -2.34. The number of benzene rings is 1. The lowest BCUT2D eigenvalue weighted by atomic mass is 9.99. The molecule has 21 heavy (non-hydrogen) atoms. The molecule has 7 heteroatoms. The molecule has 6 nitrogen and oxygen atoms in total. The van der Waals surface area contributed by atoms with Crippen molar-refractivity contribution in [3.8, 4) is 0 Å². The number of carbonyl (C=O) groups is 1. The highest BCUT2D eigenvalue weighted by molar-refractivity contribution is 6.00. The van der Waals surface area contributed by atoms with E-state index in [9.17, 15) is 4.79 Å². The van der Waals surface area contributed by atoms with E-state index in [2.05, 4.69) is 15.5 Å². The van der Waals surface area contributed by atoms with E-state index in [1.54, 1.807) is 12.1 Å². The van der Waals surface area contributed by atoms with E-state index < -0.39 is 11.4 Å². The average molecular weight is 309 g/mol. The molecule has 112 valence electrons. The molecule has 1 aromatic carbocycles. The zero-order chi connectivity index (χ0) is 14.0. The summed E-state index contributed by atoms with van der Waals surface area (Å²) in [4.78, 5) is 16.1. The number of nitrogens with two attached hydrogens (primary N) is 1. The van der Waals surface area contributed by atoms with E-state index in [0.717, 1.165) is 25.7 Å².